The predicted molar refractivity (Wildman–Crippen MR) is 87.9 cm³/mol. The van der Waals surface area contributed by atoms with Gasteiger partial charge in [0.25, 0.3) is 5.89 Å². The SMILES string of the molecule is O=C(/C=C/c1ccccc1Cl)OCc1nc(-c2cccs2)no1. The van der Waals surface area contributed by atoms with Gasteiger partial charge in [-0.2, -0.15) is 4.98 Å². The van der Waals surface area contributed by atoms with Crippen LogP contribution in [0.1, 0.15) is 11.5 Å². The minimum atomic E-state index is -0.513. The molecule has 0 atom stereocenters. The average molecular weight is 347 g/mol. The average Bonchev–Trinajstić information content (AvgIpc) is 3.23. The van der Waals surface area contributed by atoms with E-state index in [0.29, 0.717) is 10.8 Å². The summed E-state index contributed by atoms with van der Waals surface area (Å²) in [6.07, 6.45) is 2.90. The third kappa shape index (κ3) is 4.06. The van der Waals surface area contributed by atoms with E-state index in [-0.39, 0.29) is 12.5 Å². The smallest absolute Gasteiger partial charge is 0.331 e. The van der Waals surface area contributed by atoms with Crippen molar-refractivity contribution >= 4 is 35.0 Å². The van der Waals surface area contributed by atoms with Crippen LogP contribution in [-0.4, -0.2) is 16.1 Å². The summed E-state index contributed by atoms with van der Waals surface area (Å²) in [5, 5.41) is 6.32. The summed E-state index contributed by atoms with van der Waals surface area (Å²) in [6.45, 7) is -0.0793. The molecule has 2 heterocycles. The molecule has 0 saturated heterocycles. The van der Waals surface area contributed by atoms with Gasteiger partial charge in [0.05, 0.1) is 4.88 Å². The van der Waals surface area contributed by atoms with Crippen molar-refractivity contribution in [2.24, 2.45) is 0 Å². The van der Waals surface area contributed by atoms with E-state index in [1.165, 1.54) is 17.4 Å². The fourth-order valence-electron chi connectivity index (χ4n) is 1.77. The lowest BCUT2D eigenvalue weighted by Crippen LogP contribution is -2.00. The number of thiophene rings is 1. The lowest BCUT2D eigenvalue weighted by molar-refractivity contribution is -0.139. The van der Waals surface area contributed by atoms with E-state index in [1.54, 1.807) is 18.2 Å². The van der Waals surface area contributed by atoms with E-state index in [1.807, 2.05) is 29.6 Å². The first-order chi connectivity index (χ1) is 11.2. The van der Waals surface area contributed by atoms with E-state index in [2.05, 4.69) is 10.1 Å². The van der Waals surface area contributed by atoms with E-state index in [9.17, 15) is 4.79 Å². The molecule has 23 heavy (non-hydrogen) atoms. The molecule has 0 aliphatic rings. The van der Waals surface area contributed by atoms with Crippen molar-refractivity contribution in [2.45, 2.75) is 6.61 Å². The van der Waals surface area contributed by atoms with Gasteiger partial charge in [-0.15, -0.1) is 11.3 Å². The third-order valence-electron chi connectivity index (χ3n) is 2.85. The first kappa shape index (κ1) is 15.5. The second-order valence-corrected chi connectivity index (χ2v) is 5.81. The van der Waals surface area contributed by atoms with Crippen LogP contribution in [0.3, 0.4) is 0 Å². The number of halogens is 1. The number of esters is 1. The molecular weight excluding hydrogens is 336 g/mol. The van der Waals surface area contributed by atoms with Gasteiger partial charge in [0.15, 0.2) is 6.61 Å². The van der Waals surface area contributed by atoms with Crippen LogP contribution >= 0.6 is 22.9 Å². The van der Waals surface area contributed by atoms with Gasteiger partial charge in [0.2, 0.25) is 5.82 Å². The Morgan fingerprint density at radius 1 is 1.30 bits per heavy atom. The Morgan fingerprint density at radius 3 is 2.96 bits per heavy atom. The van der Waals surface area contributed by atoms with Gasteiger partial charge in [-0.1, -0.05) is 41.0 Å². The maximum atomic E-state index is 11.7. The van der Waals surface area contributed by atoms with Crippen molar-refractivity contribution in [1.82, 2.24) is 10.1 Å². The van der Waals surface area contributed by atoms with Crippen molar-refractivity contribution in [3.63, 3.8) is 0 Å². The Hall–Kier alpha value is -2.44. The molecule has 0 spiro atoms. The minimum Gasteiger partial charge on any atom is -0.452 e. The van der Waals surface area contributed by atoms with Crippen LogP contribution in [0.15, 0.2) is 52.4 Å². The van der Waals surface area contributed by atoms with Gasteiger partial charge in [-0.05, 0) is 29.2 Å². The van der Waals surface area contributed by atoms with Crippen LogP contribution < -0.4 is 0 Å². The van der Waals surface area contributed by atoms with Crippen LogP contribution in [0.25, 0.3) is 16.8 Å². The minimum absolute atomic E-state index is 0.0793. The molecule has 7 heteroatoms. The number of hydrogen-bond donors (Lipinski definition) is 0. The number of aromatic nitrogens is 2. The molecule has 0 aliphatic heterocycles. The van der Waals surface area contributed by atoms with Crippen molar-refractivity contribution < 1.29 is 14.1 Å². The topological polar surface area (TPSA) is 65.2 Å². The van der Waals surface area contributed by atoms with Crippen molar-refractivity contribution in [3.05, 3.63) is 64.3 Å². The molecular formula is C16H11ClN2O3S. The molecule has 3 rings (SSSR count). The maximum absolute atomic E-state index is 11.7. The molecule has 3 aromatic rings. The fraction of sp³-hybridized carbons (Fsp3) is 0.0625. The quantitative estimate of drug-likeness (QED) is 0.511. The third-order valence-corrected chi connectivity index (χ3v) is 4.06. The molecule has 0 aliphatic carbocycles. The van der Waals surface area contributed by atoms with Crippen LogP contribution in [0.4, 0.5) is 0 Å². The van der Waals surface area contributed by atoms with E-state index < -0.39 is 5.97 Å². The zero-order chi connectivity index (χ0) is 16.1. The molecule has 0 saturated carbocycles. The van der Waals surface area contributed by atoms with Gasteiger partial charge < -0.3 is 9.26 Å². The summed E-state index contributed by atoms with van der Waals surface area (Å²) in [6, 6.07) is 11.0. The Labute approximate surface area is 141 Å². The summed E-state index contributed by atoms with van der Waals surface area (Å²) < 4.78 is 10.1. The largest absolute Gasteiger partial charge is 0.452 e. The maximum Gasteiger partial charge on any atom is 0.331 e. The highest BCUT2D eigenvalue weighted by atomic mass is 35.5. The van der Waals surface area contributed by atoms with Gasteiger partial charge in [0.1, 0.15) is 0 Å². The molecule has 0 amide bonds. The molecule has 1 aromatic carbocycles. The summed E-state index contributed by atoms with van der Waals surface area (Å²) in [7, 11) is 0. The number of carbonyl (C=O) groups excluding carboxylic acids is 1. The summed E-state index contributed by atoms with van der Waals surface area (Å²) in [5.74, 6) is 0.214. The lowest BCUT2D eigenvalue weighted by Gasteiger charge is -1.98. The first-order valence-corrected chi connectivity index (χ1v) is 7.94. The number of nitrogens with zero attached hydrogens (tertiary/aromatic N) is 2. The highest BCUT2D eigenvalue weighted by Crippen LogP contribution is 2.21. The second kappa shape index (κ2) is 7.21. The van der Waals surface area contributed by atoms with Gasteiger partial charge in [0, 0.05) is 11.1 Å². The second-order valence-electron chi connectivity index (χ2n) is 4.45. The monoisotopic (exact) mass is 346 g/mol. The van der Waals surface area contributed by atoms with Gasteiger partial charge in [-0.25, -0.2) is 4.79 Å². The van der Waals surface area contributed by atoms with Crippen LogP contribution in [0, 0.1) is 0 Å². The van der Waals surface area contributed by atoms with Crippen molar-refractivity contribution in [1.29, 1.82) is 0 Å². The van der Waals surface area contributed by atoms with Gasteiger partial charge in [-0.3, -0.25) is 0 Å². The number of ether oxygens (including phenoxy) is 1. The van der Waals surface area contributed by atoms with Crippen LogP contribution in [-0.2, 0) is 16.1 Å². The summed E-state index contributed by atoms with van der Waals surface area (Å²) >= 11 is 7.50. The van der Waals surface area contributed by atoms with E-state index in [0.717, 1.165) is 10.4 Å². The summed E-state index contributed by atoms with van der Waals surface area (Å²) in [5.41, 5.74) is 0.740. The molecule has 0 fully saturated rings. The van der Waals surface area contributed by atoms with Crippen LogP contribution in [0.5, 0.6) is 0 Å². The normalized spacial score (nSPS) is 11.0. The molecule has 5 nitrogen and oxygen atoms in total. The Morgan fingerprint density at radius 2 is 2.17 bits per heavy atom. The predicted octanol–water partition coefficient (Wildman–Crippen LogP) is 4.21. The first-order valence-electron chi connectivity index (χ1n) is 6.68. The highest BCUT2D eigenvalue weighted by molar-refractivity contribution is 7.13. The molecule has 2 aromatic heterocycles. The molecule has 0 radical (unpaired) electrons. The van der Waals surface area contributed by atoms with Crippen LogP contribution in [0.2, 0.25) is 5.02 Å². The number of carbonyl (C=O) groups is 1. The molecule has 0 bridgehead atoms. The number of rotatable bonds is 5. The van der Waals surface area contributed by atoms with Gasteiger partial charge >= 0.3 is 5.97 Å². The Bertz CT molecular complexity index is 827. The van der Waals surface area contributed by atoms with Crippen molar-refractivity contribution in [2.75, 3.05) is 0 Å². The highest BCUT2D eigenvalue weighted by Gasteiger charge is 2.10. The zero-order valence-electron chi connectivity index (χ0n) is 11.8. The van der Waals surface area contributed by atoms with E-state index in [4.69, 9.17) is 20.9 Å². The van der Waals surface area contributed by atoms with Crippen molar-refractivity contribution in [3.8, 4) is 10.7 Å². The lowest BCUT2D eigenvalue weighted by atomic mass is 10.2. The number of hydrogen-bond acceptors (Lipinski definition) is 6. The molecule has 116 valence electrons. The standard InChI is InChI=1S/C16H11ClN2O3S/c17-12-5-2-1-4-11(12)7-8-15(20)21-10-14-18-16(19-22-14)13-6-3-9-23-13/h1-9H,10H2/b8-7+. The fourth-order valence-corrected chi connectivity index (χ4v) is 2.62. The Balaban J connectivity index is 1.56. The van der Waals surface area contributed by atoms with E-state index >= 15 is 0 Å². The number of benzene rings is 1. The zero-order valence-corrected chi connectivity index (χ0v) is 13.4. The Kier molecular flexibility index (Phi) is 4.85. The summed E-state index contributed by atoms with van der Waals surface area (Å²) in [4.78, 5) is 16.8. The molecule has 0 unspecified atom stereocenters. The molecule has 0 N–H and O–H groups in total.